The van der Waals surface area contributed by atoms with Crippen molar-refractivity contribution in [3.8, 4) is 0 Å². The zero-order valence-corrected chi connectivity index (χ0v) is 13.6. The van der Waals surface area contributed by atoms with E-state index in [1.54, 1.807) is 12.1 Å². The van der Waals surface area contributed by atoms with E-state index in [4.69, 9.17) is 0 Å². The summed E-state index contributed by atoms with van der Waals surface area (Å²) < 4.78 is 28.3. The Hall–Kier alpha value is -2.12. The molecule has 0 amide bonds. The van der Waals surface area contributed by atoms with Gasteiger partial charge in [0, 0.05) is 0 Å². The van der Waals surface area contributed by atoms with Gasteiger partial charge in [-0.1, -0.05) is 23.5 Å². The lowest BCUT2D eigenvalue weighted by atomic mass is 10.1. The van der Waals surface area contributed by atoms with Gasteiger partial charge in [0.1, 0.15) is 0 Å². The van der Waals surface area contributed by atoms with Crippen LogP contribution in [0.4, 0.5) is 5.69 Å². The van der Waals surface area contributed by atoms with Gasteiger partial charge in [-0.25, -0.2) is 8.42 Å². The summed E-state index contributed by atoms with van der Waals surface area (Å²) in [5.41, 5.74) is 3.02. The highest BCUT2D eigenvalue weighted by molar-refractivity contribution is 7.92. The van der Waals surface area contributed by atoms with Crippen LogP contribution < -0.4 is 9.60 Å². The third-order valence-corrected chi connectivity index (χ3v) is 5.55. The summed E-state index contributed by atoms with van der Waals surface area (Å²) in [6, 6.07) is 10.2. The van der Waals surface area contributed by atoms with Crippen molar-refractivity contribution in [3.05, 3.63) is 57.2 Å². The van der Waals surface area contributed by atoms with Crippen molar-refractivity contribution in [1.29, 1.82) is 0 Å². The maximum Gasteiger partial charge on any atom is 0.305 e. The third kappa shape index (κ3) is 2.77. The molecule has 114 valence electrons. The summed E-state index contributed by atoms with van der Waals surface area (Å²) in [4.78, 5) is 13.9. The van der Waals surface area contributed by atoms with Crippen molar-refractivity contribution >= 4 is 37.3 Å². The van der Waals surface area contributed by atoms with Gasteiger partial charge in [0.05, 0.1) is 20.8 Å². The topological polar surface area (TPSA) is 79.0 Å². The molecule has 0 atom stereocenters. The Kier molecular flexibility index (Phi) is 3.54. The maximum atomic E-state index is 12.5. The van der Waals surface area contributed by atoms with E-state index in [1.807, 2.05) is 26.0 Å². The van der Waals surface area contributed by atoms with Crippen LogP contribution in [-0.4, -0.2) is 13.4 Å². The molecule has 3 aromatic rings. The van der Waals surface area contributed by atoms with Crippen molar-refractivity contribution in [2.24, 2.45) is 0 Å². The SMILES string of the molecule is Cc1ccc(C)c(NS(=O)(=O)c2ccc3[nH]c(=O)sc3c2)c1. The van der Waals surface area contributed by atoms with Crippen LogP contribution in [0, 0.1) is 13.8 Å². The lowest BCUT2D eigenvalue weighted by Gasteiger charge is -2.11. The number of H-pyrrole nitrogens is 1. The normalized spacial score (nSPS) is 11.7. The second-order valence-corrected chi connectivity index (χ2v) is 7.79. The van der Waals surface area contributed by atoms with Gasteiger partial charge in [-0.3, -0.25) is 9.52 Å². The molecule has 0 aliphatic heterocycles. The molecule has 22 heavy (non-hydrogen) atoms. The number of aryl methyl sites for hydroxylation is 2. The number of benzene rings is 2. The minimum absolute atomic E-state index is 0.135. The summed E-state index contributed by atoms with van der Waals surface area (Å²) in [6.07, 6.45) is 0. The first kappa shape index (κ1) is 14.8. The predicted molar refractivity (Wildman–Crippen MR) is 89.2 cm³/mol. The number of sulfonamides is 1. The van der Waals surface area contributed by atoms with Crippen molar-refractivity contribution in [2.75, 3.05) is 4.72 Å². The van der Waals surface area contributed by atoms with Gasteiger partial charge in [0.15, 0.2) is 0 Å². The first-order chi connectivity index (χ1) is 10.3. The zero-order valence-electron chi connectivity index (χ0n) is 12.0. The number of rotatable bonds is 3. The van der Waals surface area contributed by atoms with E-state index in [9.17, 15) is 13.2 Å². The molecule has 0 saturated carbocycles. The van der Waals surface area contributed by atoms with Crippen LogP contribution in [0.25, 0.3) is 10.2 Å². The van der Waals surface area contributed by atoms with Gasteiger partial charge in [-0.15, -0.1) is 0 Å². The molecule has 7 heteroatoms. The molecule has 3 rings (SSSR count). The molecule has 5 nitrogen and oxygen atoms in total. The maximum absolute atomic E-state index is 12.5. The van der Waals surface area contributed by atoms with E-state index in [0.29, 0.717) is 15.9 Å². The zero-order chi connectivity index (χ0) is 15.9. The Labute approximate surface area is 131 Å². The Balaban J connectivity index is 2.03. The lowest BCUT2D eigenvalue weighted by molar-refractivity contribution is 0.601. The van der Waals surface area contributed by atoms with Crippen molar-refractivity contribution in [1.82, 2.24) is 4.98 Å². The van der Waals surface area contributed by atoms with E-state index in [2.05, 4.69) is 9.71 Å². The van der Waals surface area contributed by atoms with Crippen LogP contribution in [0.2, 0.25) is 0 Å². The standard InChI is InChI=1S/C15H14N2O3S2/c1-9-3-4-10(2)13(7-9)17-22(19,20)11-5-6-12-14(8-11)21-15(18)16-12/h3-8,17H,1-2H3,(H,16,18). The molecule has 1 aromatic heterocycles. The lowest BCUT2D eigenvalue weighted by Crippen LogP contribution is -2.13. The van der Waals surface area contributed by atoms with Crippen LogP contribution in [0.3, 0.4) is 0 Å². The highest BCUT2D eigenvalue weighted by Crippen LogP contribution is 2.24. The minimum atomic E-state index is -3.69. The Morgan fingerprint density at radius 3 is 2.64 bits per heavy atom. The Bertz CT molecular complexity index is 1020. The van der Waals surface area contributed by atoms with E-state index >= 15 is 0 Å². The summed E-state index contributed by atoms with van der Waals surface area (Å²) >= 11 is 0.991. The molecule has 2 N–H and O–H groups in total. The molecule has 1 heterocycles. The summed E-state index contributed by atoms with van der Waals surface area (Å²) in [6.45, 7) is 3.75. The molecule has 0 bridgehead atoms. The third-order valence-electron chi connectivity index (χ3n) is 3.34. The molecule has 0 radical (unpaired) electrons. The number of hydrogen-bond donors (Lipinski definition) is 2. The van der Waals surface area contributed by atoms with Crippen LogP contribution in [0.1, 0.15) is 11.1 Å². The molecule has 2 aromatic carbocycles. The van der Waals surface area contributed by atoms with E-state index in [1.165, 1.54) is 12.1 Å². The number of aromatic amines is 1. The molecule has 0 spiro atoms. The predicted octanol–water partition coefficient (Wildman–Crippen LogP) is 3.01. The molecular formula is C15H14N2O3S2. The quantitative estimate of drug-likeness (QED) is 0.773. The molecule has 0 fully saturated rings. The number of nitrogens with one attached hydrogen (secondary N) is 2. The number of thiazole rings is 1. The summed E-state index contributed by atoms with van der Waals surface area (Å²) in [5.74, 6) is 0. The Morgan fingerprint density at radius 2 is 1.86 bits per heavy atom. The molecule has 0 unspecified atom stereocenters. The van der Waals surface area contributed by atoms with Gasteiger partial charge < -0.3 is 4.98 Å². The van der Waals surface area contributed by atoms with Gasteiger partial charge in [-0.2, -0.15) is 0 Å². The molecule has 0 aliphatic rings. The van der Waals surface area contributed by atoms with Gasteiger partial charge >= 0.3 is 4.87 Å². The average molecular weight is 334 g/mol. The number of hydrogen-bond acceptors (Lipinski definition) is 4. The largest absolute Gasteiger partial charge is 0.312 e. The highest BCUT2D eigenvalue weighted by Gasteiger charge is 2.16. The second kappa shape index (κ2) is 5.26. The summed E-state index contributed by atoms with van der Waals surface area (Å²) in [5, 5.41) is 0. The number of aromatic nitrogens is 1. The fraction of sp³-hybridized carbons (Fsp3) is 0.133. The van der Waals surface area contributed by atoms with Crippen molar-refractivity contribution in [2.45, 2.75) is 18.7 Å². The number of anilines is 1. The van der Waals surface area contributed by atoms with E-state index < -0.39 is 10.0 Å². The number of fused-ring (bicyclic) bond motifs is 1. The molecule has 0 aliphatic carbocycles. The highest BCUT2D eigenvalue weighted by atomic mass is 32.2. The van der Waals surface area contributed by atoms with Gasteiger partial charge in [0.2, 0.25) is 0 Å². The average Bonchev–Trinajstić information content (AvgIpc) is 2.81. The minimum Gasteiger partial charge on any atom is -0.312 e. The fourth-order valence-electron chi connectivity index (χ4n) is 2.14. The van der Waals surface area contributed by atoms with E-state index in [-0.39, 0.29) is 9.77 Å². The smallest absolute Gasteiger partial charge is 0.305 e. The van der Waals surface area contributed by atoms with Gasteiger partial charge in [0.25, 0.3) is 10.0 Å². The van der Waals surface area contributed by atoms with Crippen molar-refractivity contribution < 1.29 is 8.42 Å². The fourth-order valence-corrected chi connectivity index (χ4v) is 4.14. The van der Waals surface area contributed by atoms with E-state index in [0.717, 1.165) is 22.5 Å². The first-order valence-electron chi connectivity index (χ1n) is 6.58. The van der Waals surface area contributed by atoms with Crippen LogP contribution in [0.15, 0.2) is 46.1 Å². The van der Waals surface area contributed by atoms with Crippen LogP contribution in [0.5, 0.6) is 0 Å². The summed E-state index contributed by atoms with van der Waals surface area (Å²) in [7, 11) is -3.69. The van der Waals surface area contributed by atoms with Crippen LogP contribution >= 0.6 is 11.3 Å². The monoisotopic (exact) mass is 334 g/mol. The van der Waals surface area contributed by atoms with Crippen molar-refractivity contribution in [3.63, 3.8) is 0 Å². The molecular weight excluding hydrogens is 320 g/mol. The Morgan fingerprint density at radius 1 is 1.09 bits per heavy atom. The first-order valence-corrected chi connectivity index (χ1v) is 8.88. The van der Waals surface area contributed by atoms with Gasteiger partial charge in [-0.05, 0) is 49.2 Å². The molecule has 0 saturated heterocycles. The second-order valence-electron chi connectivity index (χ2n) is 5.10. The van der Waals surface area contributed by atoms with Crippen LogP contribution in [-0.2, 0) is 10.0 Å².